The maximum Gasteiger partial charge on any atom is 0.254 e. The third kappa shape index (κ3) is 3.76. The highest BCUT2D eigenvalue weighted by atomic mass is 32.2. The second-order valence-electron chi connectivity index (χ2n) is 6.48. The molecule has 0 bridgehead atoms. The van der Waals surface area contributed by atoms with Crippen LogP contribution in [0.25, 0.3) is 0 Å². The molecule has 1 saturated heterocycles. The summed E-state index contributed by atoms with van der Waals surface area (Å²) in [7, 11) is -2.25. The van der Waals surface area contributed by atoms with Crippen molar-refractivity contribution < 1.29 is 13.2 Å². The zero-order chi connectivity index (χ0) is 18.7. The van der Waals surface area contributed by atoms with Crippen LogP contribution in [0.5, 0.6) is 0 Å². The Kier molecular flexibility index (Phi) is 5.33. The number of likely N-dealkylation sites (tertiary alicyclic amines) is 1. The third-order valence-electron chi connectivity index (χ3n) is 4.60. The fourth-order valence-electron chi connectivity index (χ4n) is 3.10. The topological polar surface area (TPSA) is 83.5 Å². The average Bonchev–Trinajstić information content (AvgIpc) is 3.08. The van der Waals surface area contributed by atoms with Crippen molar-refractivity contribution in [2.75, 3.05) is 13.6 Å². The fourth-order valence-corrected chi connectivity index (χ4v) is 4.28. The van der Waals surface area contributed by atoms with Crippen LogP contribution in [0, 0.1) is 0 Å². The molecule has 1 aromatic carbocycles. The van der Waals surface area contributed by atoms with Crippen LogP contribution in [0.2, 0.25) is 0 Å². The summed E-state index contributed by atoms with van der Waals surface area (Å²) in [6.07, 6.45) is 6.54. The van der Waals surface area contributed by atoms with Gasteiger partial charge in [-0.2, -0.15) is 4.31 Å². The molecule has 26 heavy (non-hydrogen) atoms. The highest BCUT2D eigenvalue weighted by molar-refractivity contribution is 7.89. The normalized spacial score (nSPS) is 17.7. The van der Waals surface area contributed by atoms with E-state index < -0.39 is 10.0 Å². The summed E-state index contributed by atoms with van der Waals surface area (Å²) in [6, 6.07) is 6.41. The molecular weight excluding hydrogens is 352 g/mol. The van der Waals surface area contributed by atoms with Crippen molar-refractivity contribution >= 4 is 15.9 Å². The summed E-state index contributed by atoms with van der Waals surface area (Å²) < 4.78 is 26.9. The first-order chi connectivity index (χ1) is 12.4. The minimum atomic E-state index is -3.74. The molecule has 0 N–H and O–H groups in total. The molecule has 1 unspecified atom stereocenters. The zero-order valence-electron chi connectivity index (χ0n) is 14.9. The third-order valence-corrected chi connectivity index (χ3v) is 6.40. The van der Waals surface area contributed by atoms with E-state index in [0.29, 0.717) is 17.8 Å². The molecule has 2 heterocycles. The Labute approximate surface area is 153 Å². The van der Waals surface area contributed by atoms with E-state index in [1.165, 1.54) is 42.1 Å². The number of benzene rings is 1. The van der Waals surface area contributed by atoms with E-state index in [2.05, 4.69) is 9.97 Å². The molecule has 0 aliphatic carbocycles. The molecule has 0 spiro atoms. The molecule has 7 nitrogen and oxygen atoms in total. The minimum absolute atomic E-state index is 0.0987. The number of nitrogens with zero attached hydrogens (tertiary/aromatic N) is 4. The second-order valence-corrected chi connectivity index (χ2v) is 8.52. The van der Waals surface area contributed by atoms with Gasteiger partial charge in [-0.15, -0.1) is 0 Å². The van der Waals surface area contributed by atoms with Gasteiger partial charge >= 0.3 is 0 Å². The predicted molar refractivity (Wildman–Crippen MR) is 96.9 cm³/mol. The lowest BCUT2D eigenvalue weighted by Gasteiger charge is -2.22. The Morgan fingerprint density at radius 2 is 2.15 bits per heavy atom. The molecule has 8 heteroatoms. The molecular formula is C18H22N4O3S. The molecule has 1 amide bonds. The SMILES string of the molecule is CC1CCCN1C(=O)c1cccc(S(=O)(=O)N(C)Cc2cnccn2)c1. The number of carbonyl (C=O) groups excluding carboxylic acids is 1. The molecule has 1 aliphatic rings. The van der Waals surface area contributed by atoms with Gasteiger partial charge < -0.3 is 4.90 Å². The number of aromatic nitrogens is 2. The lowest BCUT2D eigenvalue weighted by Crippen LogP contribution is -2.34. The van der Waals surface area contributed by atoms with Gasteiger partial charge in [-0.25, -0.2) is 8.42 Å². The summed E-state index contributed by atoms with van der Waals surface area (Å²) in [4.78, 5) is 22.6. The van der Waals surface area contributed by atoms with E-state index in [9.17, 15) is 13.2 Å². The van der Waals surface area contributed by atoms with Crippen molar-refractivity contribution in [2.45, 2.75) is 37.2 Å². The summed E-state index contributed by atoms with van der Waals surface area (Å²) in [5, 5.41) is 0. The average molecular weight is 374 g/mol. The van der Waals surface area contributed by atoms with E-state index in [1.807, 2.05) is 6.92 Å². The number of sulfonamides is 1. The molecule has 0 saturated carbocycles. The number of hydrogen-bond donors (Lipinski definition) is 0. The van der Waals surface area contributed by atoms with Gasteiger partial charge in [-0.1, -0.05) is 6.07 Å². The van der Waals surface area contributed by atoms with Crippen molar-refractivity contribution in [3.63, 3.8) is 0 Å². The highest BCUT2D eigenvalue weighted by Gasteiger charge is 2.28. The van der Waals surface area contributed by atoms with Crippen molar-refractivity contribution in [2.24, 2.45) is 0 Å². The van der Waals surface area contributed by atoms with Crippen molar-refractivity contribution in [3.05, 3.63) is 54.1 Å². The van der Waals surface area contributed by atoms with Crippen LogP contribution >= 0.6 is 0 Å². The number of hydrogen-bond acceptors (Lipinski definition) is 5. The Balaban J connectivity index is 1.83. The lowest BCUT2D eigenvalue weighted by atomic mass is 10.2. The van der Waals surface area contributed by atoms with Gasteiger partial charge in [0.25, 0.3) is 5.91 Å². The summed E-state index contributed by atoms with van der Waals surface area (Å²) in [6.45, 7) is 2.83. The van der Waals surface area contributed by atoms with Crippen LogP contribution in [0.4, 0.5) is 0 Å². The standard InChI is InChI=1S/C18H22N4O3S/c1-14-5-4-10-22(14)18(23)15-6-3-7-17(11-15)26(24,25)21(2)13-16-12-19-8-9-20-16/h3,6-9,11-12,14H,4-5,10,13H2,1-2H3. The highest BCUT2D eigenvalue weighted by Crippen LogP contribution is 2.22. The largest absolute Gasteiger partial charge is 0.336 e. The number of rotatable bonds is 5. The Hall–Kier alpha value is -2.32. The van der Waals surface area contributed by atoms with Gasteiger partial charge in [0.2, 0.25) is 10.0 Å². The lowest BCUT2D eigenvalue weighted by molar-refractivity contribution is 0.0747. The first-order valence-electron chi connectivity index (χ1n) is 8.52. The molecule has 1 atom stereocenters. The van der Waals surface area contributed by atoms with Gasteiger partial charge in [0.15, 0.2) is 0 Å². The minimum Gasteiger partial charge on any atom is -0.336 e. The molecule has 138 valence electrons. The number of carbonyl (C=O) groups is 1. The van der Waals surface area contributed by atoms with Crippen LogP contribution < -0.4 is 0 Å². The van der Waals surface area contributed by atoms with Crippen molar-refractivity contribution in [3.8, 4) is 0 Å². The maximum atomic E-state index is 12.8. The fraction of sp³-hybridized carbons (Fsp3) is 0.389. The van der Waals surface area contributed by atoms with Crippen LogP contribution in [0.1, 0.15) is 35.8 Å². The summed E-state index contributed by atoms with van der Waals surface area (Å²) in [5.41, 5.74) is 0.949. The predicted octanol–water partition coefficient (Wildman–Crippen LogP) is 1.92. The summed E-state index contributed by atoms with van der Waals surface area (Å²) >= 11 is 0. The monoisotopic (exact) mass is 374 g/mol. The van der Waals surface area contributed by atoms with Gasteiger partial charge in [-0.3, -0.25) is 14.8 Å². The van der Waals surface area contributed by atoms with Crippen LogP contribution in [-0.4, -0.2) is 53.1 Å². The van der Waals surface area contributed by atoms with E-state index in [-0.39, 0.29) is 23.4 Å². The Morgan fingerprint density at radius 3 is 2.81 bits per heavy atom. The summed E-state index contributed by atoms with van der Waals surface area (Å²) in [5.74, 6) is -0.122. The number of amides is 1. The van der Waals surface area contributed by atoms with E-state index >= 15 is 0 Å². The molecule has 1 aromatic heterocycles. The van der Waals surface area contributed by atoms with Crippen molar-refractivity contribution in [1.82, 2.24) is 19.2 Å². The Morgan fingerprint density at radius 1 is 1.35 bits per heavy atom. The van der Waals surface area contributed by atoms with Gasteiger partial charge in [0.05, 0.1) is 17.1 Å². The molecule has 1 aliphatic heterocycles. The molecule has 1 fully saturated rings. The first kappa shape index (κ1) is 18.5. The smallest absolute Gasteiger partial charge is 0.254 e. The maximum absolute atomic E-state index is 12.8. The van der Waals surface area contributed by atoms with Crippen LogP contribution in [0.3, 0.4) is 0 Å². The van der Waals surface area contributed by atoms with Crippen LogP contribution in [-0.2, 0) is 16.6 Å². The first-order valence-corrected chi connectivity index (χ1v) is 9.96. The van der Waals surface area contributed by atoms with Gasteiger partial charge in [0, 0.05) is 43.8 Å². The van der Waals surface area contributed by atoms with E-state index in [4.69, 9.17) is 0 Å². The van der Waals surface area contributed by atoms with E-state index in [1.54, 1.807) is 17.0 Å². The van der Waals surface area contributed by atoms with Gasteiger partial charge in [-0.05, 0) is 38.0 Å². The molecule has 3 rings (SSSR count). The van der Waals surface area contributed by atoms with Crippen molar-refractivity contribution in [1.29, 1.82) is 0 Å². The zero-order valence-corrected chi connectivity index (χ0v) is 15.7. The quantitative estimate of drug-likeness (QED) is 0.798. The molecule has 0 radical (unpaired) electrons. The Bertz CT molecular complexity index is 886. The molecule has 2 aromatic rings. The second kappa shape index (κ2) is 7.51. The van der Waals surface area contributed by atoms with Crippen LogP contribution in [0.15, 0.2) is 47.8 Å². The van der Waals surface area contributed by atoms with E-state index in [0.717, 1.165) is 12.8 Å². The van der Waals surface area contributed by atoms with Gasteiger partial charge in [0.1, 0.15) is 0 Å².